The van der Waals surface area contributed by atoms with Crippen molar-refractivity contribution in [2.45, 2.75) is 31.6 Å². The lowest BCUT2D eigenvalue weighted by atomic mass is 10.0. The van der Waals surface area contributed by atoms with Crippen molar-refractivity contribution in [2.24, 2.45) is 0 Å². The number of anilines is 2. The van der Waals surface area contributed by atoms with Crippen LogP contribution in [0.2, 0.25) is 0 Å². The molecule has 2 fully saturated rings. The monoisotopic (exact) mass is 758 g/mol. The fourth-order valence-corrected chi connectivity index (χ4v) is 6.86. The number of nitrogens with zero attached hydrogens (tertiary/aromatic N) is 4. The Labute approximate surface area is 318 Å². The molecule has 11 nitrogen and oxygen atoms in total. The summed E-state index contributed by atoms with van der Waals surface area (Å²) < 4.78 is 50.6. The summed E-state index contributed by atoms with van der Waals surface area (Å²) in [7, 11) is 3.41. The van der Waals surface area contributed by atoms with Gasteiger partial charge in [-0.25, -0.2) is 0 Å². The molecule has 3 amide bonds. The molecule has 2 saturated heterocycles. The minimum Gasteiger partial charge on any atom is -0.383 e. The molecule has 3 aromatic carbocycles. The Morgan fingerprint density at radius 1 is 0.927 bits per heavy atom. The summed E-state index contributed by atoms with van der Waals surface area (Å²) in [5.74, 6) is -1.14. The highest BCUT2D eigenvalue weighted by molar-refractivity contribution is 6.08. The molecule has 2 aliphatic rings. The Morgan fingerprint density at radius 2 is 1.69 bits per heavy atom. The number of hydrogen-bond acceptors (Lipinski definition) is 8. The molecule has 2 aliphatic heterocycles. The van der Waals surface area contributed by atoms with Crippen molar-refractivity contribution < 1.29 is 37.0 Å². The number of benzene rings is 3. The average molecular weight is 759 g/mol. The van der Waals surface area contributed by atoms with Crippen LogP contribution < -0.4 is 15.5 Å². The van der Waals surface area contributed by atoms with Gasteiger partial charge in [0.25, 0.3) is 17.7 Å². The van der Waals surface area contributed by atoms with Gasteiger partial charge < -0.3 is 29.9 Å². The first kappa shape index (κ1) is 39.4. The smallest absolute Gasteiger partial charge is 0.383 e. The number of hydrogen-bond donors (Lipinski definition) is 2. The number of pyridine rings is 1. The zero-order valence-corrected chi connectivity index (χ0v) is 30.9. The van der Waals surface area contributed by atoms with Crippen LogP contribution in [0.1, 0.15) is 55.0 Å². The van der Waals surface area contributed by atoms with Crippen LogP contribution in [-0.4, -0.2) is 105 Å². The van der Waals surface area contributed by atoms with Gasteiger partial charge in [0.15, 0.2) is 0 Å². The van der Waals surface area contributed by atoms with Crippen molar-refractivity contribution in [2.75, 3.05) is 76.9 Å². The Bertz CT molecular complexity index is 1990. The molecule has 0 bridgehead atoms. The second-order valence-corrected chi connectivity index (χ2v) is 13.7. The first-order chi connectivity index (χ1) is 26.5. The number of rotatable bonds is 13. The van der Waals surface area contributed by atoms with Crippen LogP contribution >= 0.6 is 0 Å². The van der Waals surface area contributed by atoms with Gasteiger partial charge in [-0.2, -0.15) is 13.2 Å². The number of carbonyl (C=O) groups is 3. The van der Waals surface area contributed by atoms with E-state index in [-0.39, 0.29) is 29.6 Å². The van der Waals surface area contributed by atoms with Gasteiger partial charge in [-0.3, -0.25) is 24.3 Å². The number of likely N-dealkylation sites (N-methyl/N-ethyl adjacent to an activating group) is 1. The van der Waals surface area contributed by atoms with Crippen LogP contribution in [-0.2, 0) is 22.2 Å². The van der Waals surface area contributed by atoms with Gasteiger partial charge >= 0.3 is 6.18 Å². The Morgan fingerprint density at radius 3 is 2.47 bits per heavy atom. The van der Waals surface area contributed by atoms with E-state index >= 15 is 0 Å². The standard InChI is InChI=1S/C41H45F3N6O5/c1-48(16-17-49-18-20-55-21-19-49)40(53)31-8-4-7-29(23-31)39(52)47-36-12-11-33(50-15-5-10-34(50)27-54-2)25-35(36)37-24-30(13-14-45-37)38(51)46-26-28-6-3-9-32(22-28)41(42,43)44/h3-4,6-9,11-14,22-25,34H,5,10,15-21,26-27H2,1-2H3,(H,46,51)(H,47,52)/t34-/m1/s1. The summed E-state index contributed by atoms with van der Waals surface area (Å²) >= 11 is 0. The quantitative estimate of drug-likeness (QED) is 0.172. The maximum atomic E-state index is 13.8. The predicted octanol–water partition coefficient (Wildman–Crippen LogP) is 5.97. The van der Waals surface area contributed by atoms with Crippen molar-refractivity contribution in [1.82, 2.24) is 20.1 Å². The largest absolute Gasteiger partial charge is 0.416 e. The minimum atomic E-state index is -4.50. The van der Waals surface area contributed by atoms with Gasteiger partial charge in [0.1, 0.15) is 0 Å². The van der Waals surface area contributed by atoms with Crippen molar-refractivity contribution >= 4 is 29.1 Å². The molecular formula is C41H45F3N6O5. The van der Waals surface area contributed by atoms with E-state index in [9.17, 15) is 27.6 Å². The summed E-state index contributed by atoms with van der Waals surface area (Å²) in [6.07, 6.45) is -1.08. The van der Waals surface area contributed by atoms with Gasteiger partial charge in [-0.1, -0.05) is 18.2 Å². The molecule has 290 valence electrons. The van der Waals surface area contributed by atoms with E-state index in [0.717, 1.165) is 56.8 Å². The zero-order valence-electron chi connectivity index (χ0n) is 30.9. The van der Waals surface area contributed by atoms with Crippen molar-refractivity contribution in [3.05, 3.63) is 113 Å². The fraction of sp³-hybridized carbons (Fsp3) is 0.366. The molecule has 14 heteroatoms. The van der Waals surface area contributed by atoms with Crippen LogP contribution in [0.15, 0.2) is 85.1 Å². The highest BCUT2D eigenvalue weighted by atomic mass is 19.4. The molecule has 2 N–H and O–H groups in total. The number of halogens is 3. The molecule has 1 aromatic heterocycles. The van der Waals surface area contributed by atoms with Crippen LogP contribution in [0.5, 0.6) is 0 Å². The van der Waals surface area contributed by atoms with E-state index in [1.165, 1.54) is 24.4 Å². The molecule has 0 unspecified atom stereocenters. The van der Waals surface area contributed by atoms with Gasteiger partial charge in [0.2, 0.25) is 0 Å². The number of aromatic nitrogens is 1. The molecular weight excluding hydrogens is 713 g/mol. The number of amides is 3. The number of methoxy groups -OCH3 is 1. The van der Waals surface area contributed by atoms with Gasteiger partial charge in [-0.15, -0.1) is 0 Å². The lowest BCUT2D eigenvalue weighted by Crippen LogP contribution is -2.41. The first-order valence-electron chi connectivity index (χ1n) is 18.3. The van der Waals surface area contributed by atoms with Crippen molar-refractivity contribution in [3.63, 3.8) is 0 Å². The molecule has 4 aromatic rings. The normalized spacial score (nSPS) is 16.2. The van der Waals surface area contributed by atoms with E-state index in [4.69, 9.17) is 9.47 Å². The topological polar surface area (TPSA) is 116 Å². The third kappa shape index (κ3) is 10.1. The Kier molecular flexibility index (Phi) is 12.8. The molecule has 0 aliphatic carbocycles. The molecule has 0 spiro atoms. The number of carbonyl (C=O) groups excluding carboxylic acids is 3. The molecule has 55 heavy (non-hydrogen) atoms. The van der Waals surface area contributed by atoms with E-state index in [0.29, 0.717) is 54.4 Å². The SMILES string of the molecule is COC[C@H]1CCCN1c1ccc(NC(=O)c2cccc(C(=O)N(C)CCN3CCOCC3)c2)c(-c2cc(C(=O)NCc3cccc(C(F)(F)F)c3)ccn2)c1. The predicted molar refractivity (Wildman–Crippen MR) is 203 cm³/mol. The molecule has 0 radical (unpaired) electrons. The van der Waals surface area contributed by atoms with Crippen LogP contribution in [0, 0.1) is 0 Å². The zero-order chi connectivity index (χ0) is 39.0. The van der Waals surface area contributed by atoms with Gasteiger partial charge in [-0.05, 0) is 79.1 Å². The summed E-state index contributed by atoms with van der Waals surface area (Å²) in [6.45, 7) is 5.49. The molecule has 1 atom stereocenters. The number of alkyl halides is 3. The van der Waals surface area contributed by atoms with E-state index < -0.39 is 23.6 Å². The summed E-state index contributed by atoms with van der Waals surface area (Å²) in [5, 5.41) is 5.70. The molecule has 3 heterocycles. The second-order valence-electron chi connectivity index (χ2n) is 13.7. The van der Waals surface area contributed by atoms with E-state index in [1.54, 1.807) is 55.5 Å². The molecule has 6 rings (SSSR count). The third-order valence-electron chi connectivity index (χ3n) is 9.90. The van der Waals surface area contributed by atoms with Crippen LogP contribution in [0.25, 0.3) is 11.3 Å². The van der Waals surface area contributed by atoms with E-state index in [2.05, 4.69) is 25.4 Å². The Balaban J connectivity index is 1.23. The highest BCUT2D eigenvalue weighted by Crippen LogP contribution is 2.35. The third-order valence-corrected chi connectivity index (χ3v) is 9.90. The highest BCUT2D eigenvalue weighted by Gasteiger charge is 2.30. The Hall–Kier alpha value is -5.31. The summed E-state index contributed by atoms with van der Waals surface area (Å²) in [6, 6.07) is 20.3. The van der Waals surface area contributed by atoms with Crippen molar-refractivity contribution in [1.29, 1.82) is 0 Å². The van der Waals surface area contributed by atoms with Crippen molar-refractivity contribution in [3.8, 4) is 11.3 Å². The minimum absolute atomic E-state index is 0.113. The number of nitrogens with one attached hydrogen (secondary N) is 2. The lowest BCUT2D eigenvalue weighted by molar-refractivity contribution is -0.137. The maximum Gasteiger partial charge on any atom is 0.416 e. The second kappa shape index (κ2) is 17.9. The lowest BCUT2D eigenvalue weighted by Gasteiger charge is -2.28. The van der Waals surface area contributed by atoms with Gasteiger partial charge in [0, 0.05) is 87.6 Å². The number of morpholine rings is 1. The summed E-state index contributed by atoms with van der Waals surface area (Å²) in [4.78, 5) is 51.1. The fourth-order valence-electron chi connectivity index (χ4n) is 6.86. The van der Waals surface area contributed by atoms with Gasteiger partial charge in [0.05, 0.1) is 42.8 Å². The van der Waals surface area contributed by atoms with Crippen LogP contribution in [0.3, 0.4) is 0 Å². The average Bonchev–Trinajstić information content (AvgIpc) is 3.67. The summed E-state index contributed by atoms with van der Waals surface area (Å²) in [5.41, 5.74) is 2.70. The maximum absolute atomic E-state index is 13.8. The number of ether oxygens (including phenoxy) is 2. The molecule has 0 saturated carbocycles. The van der Waals surface area contributed by atoms with Crippen LogP contribution in [0.4, 0.5) is 24.5 Å². The van der Waals surface area contributed by atoms with E-state index in [1.807, 2.05) is 12.1 Å². The first-order valence-corrected chi connectivity index (χ1v) is 18.3.